The molecule has 0 spiro atoms. The van der Waals surface area contributed by atoms with Gasteiger partial charge in [-0.2, -0.15) is 10.2 Å². The smallest absolute Gasteiger partial charge is 0.124 e. The van der Waals surface area contributed by atoms with Crippen LogP contribution < -0.4 is 5.73 Å². The molecular weight excluding hydrogens is 314 g/mol. The van der Waals surface area contributed by atoms with Gasteiger partial charge >= 0.3 is 0 Å². The molecule has 0 amide bonds. The Morgan fingerprint density at radius 3 is 2.28 bits per heavy atom. The summed E-state index contributed by atoms with van der Waals surface area (Å²) in [5.41, 5.74) is 9.38. The second-order valence-electron chi connectivity index (χ2n) is 5.56. The molecule has 0 atom stereocenters. The topological polar surface area (TPSA) is 87.4 Å². The van der Waals surface area contributed by atoms with Crippen molar-refractivity contribution in [2.45, 2.75) is 27.7 Å². The largest absolute Gasteiger partial charge is 0.384 e. The van der Waals surface area contributed by atoms with Gasteiger partial charge in [0.15, 0.2) is 0 Å². The molecule has 0 saturated heterocycles. The van der Waals surface area contributed by atoms with Crippen molar-refractivity contribution in [3.8, 4) is 0 Å². The lowest BCUT2D eigenvalue weighted by Crippen LogP contribution is -1.92. The third-order valence-electron chi connectivity index (χ3n) is 3.44. The number of anilines is 1. The minimum atomic E-state index is 0.549. The van der Waals surface area contributed by atoms with Crippen molar-refractivity contribution >= 4 is 27.6 Å². The Kier molecular flexibility index (Phi) is 5.69. The molecule has 4 heterocycles. The van der Waals surface area contributed by atoms with Gasteiger partial charge in [0.05, 0.1) is 11.9 Å². The van der Waals surface area contributed by atoms with Gasteiger partial charge in [0.25, 0.3) is 0 Å². The van der Waals surface area contributed by atoms with Gasteiger partial charge in [0.2, 0.25) is 0 Å². The Bertz CT molecular complexity index is 982. The van der Waals surface area contributed by atoms with Crippen LogP contribution in [0.25, 0.3) is 21.8 Å². The number of nitrogen functional groups attached to an aromatic ring is 1. The highest BCUT2D eigenvalue weighted by Gasteiger charge is 2.03. The van der Waals surface area contributed by atoms with Gasteiger partial charge in [-0.15, -0.1) is 0 Å². The molecule has 4 rings (SSSR count). The first-order valence-corrected chi connectivity index (χ1v) is 8.25. The van der Waals surface area contributed by atoms with Crippen LogP contribution in [0.5, 0.6) is 0 Å². The first-order valence-electron chi connectivity index (χ1n) is 8.25. The van der Waals surface area contributed by atoms with Crippen molar-refractivity contribution in [1.29, 1.82) is 0 Å². The number of rotatable bonds is 0. The normalized spacial score (nSPS) is 10.2. The van der Waals surface area contributed by atoms with Gasteiger partial charge < -0.3 is 5.73 Å². The molecule has 0 aliphatic carbocycles. The number of aryl methyl sites for hydroxylation is 4. The van der Waals surface area contributed by atoms with Crippen LogP contribution in [0, 0.1) is 13.8 Å². The Labute approximate surface area is 147 Å². The SMILES string of the molecule is CC.Cc1cc2cn(C)nc2cn1.Cc1nc(N)cc2cn(C)nc12. The lowest BCUT2D eigenvalue weighted by molar-refractivity contribution is 0.778. The Morgan fingerprint density at radius 2 is 1.56 bits per heavy atom. The summed E-state index contributed by atoms with van der Waals surface area (Å²) in [6, 6.07) is 3.86. The maximum atomic E-state index is 5.59. The minimum absolute atomic E-state index is 0.549. The summed E-state index contributed by atoms with van der Waals surface area (Å²) in [6.07, 6.45) is 5.72. The zero-order valence-corrected chi connectivity index (χ0v) is 15.6. The molecule has 4 aromatic heterocycles. The zero-order chi connectivity index (χ0) is 18.6. The second-order valence-corrected chi connectivity index (χ2v) is 5.56. The Hall–Kier alpha value is -2.96. The van der Waals surface area contributed by atoms with E-state index in [2.05, 4.69) is 20.2 Å². The molecule has 132 valence electrons. The maximum Gasteiger partial charge on any atom is 0.124 e. The van der Waals surface area contributed by atoms with E-state index in [0.29, 0.717) is 5.82 Å². The summed E-state index contributed by atoms with van der Waals surface area (Å²) in [4.78, 5) is 8.26. The number of pyridine rings is 2. The van der Waals surface area contributed by atoms with Gasteiger partial charge in [0, 0.05) is 43.0 Å². The molecule has 25 heavy (non-hydrogen) atoms. The Balaban J connectivity index is 0.000000165. The first-order chi connectivity index (χ1) is 11.9. The van der Waals surface area contributed by atoms with Crippen molar-refractivity contribution in [2.24, 2.45) is 14.1 Å². The second kappa shape index (κ2) is 7.74. The highest BCUT2D eigenvalue weighted by molar-refractivity contribution is 5.82. The van der Waals surface area contributed by atoms with Crippen LogP contribution in [0.3, 0.4) is 0 Å². The molecule has 0 aromatic carbocycles. The molecule has 7 heteroatoms. The van der Waals surface area contributed by atoms with E-state index >= 15 is 0 Å². The molecule has 0 saturated carbocycles. The monoisotopic (exact) mass is 339 g/mol. The number of hydrogen-bond acceptors (Lipinski definition) is 5. The number of aromatic nitrogens is 6. The van der Waals surface area contributed by atoms with E-state index in [1.54, 1.807) is 15.6 Å². The van der Waals surface area contributed by atoms with Crippen molar-refractivity contribution < 1.29 is 0 Å². The highest BCUT2D eigenvalue weighted by Crippen LogP contribution is 2.16. The van der Waals surface area contributed by atoms with E-state index in [9.17, 15) is 0 Å². The van der Waals surface area contributed by atoms with Gasteiger partial charge in [-0.1, -0.05) is 13.8 Å². The van der Waals surface area contributed by atoms with Crippen LogP contribution in [0.1, 0.15) is 25.2 Å². The predicted molar refractivity (Wildman–Crippen MR) is 102 cm³/mol. The number of fused-ring (bicyclic) bond motifs is 2. The van der Waals surface area contributed by atoms with Crippen molar-refractivity contribution in [3.63, 3.8) is 0 Å². The standard InChI is InChI=1S/C8H10N4.C8H9N3.C2H6/c1-5-8-6(3-7(9)10-5)4-12(2)11-8;1-6-3-7-5-11(2)10-8(7)4-9-6;1-2/h3-4H,9H2,1-2H3;3-5H,1-2H3;1-2H3. The summed E-state index contributed by atoms with van der Waals surface area (Å²) in [5.74, 6) is 0.549. The van der Waals surface area contributed by atoms with Crippen LogP contribution in [0.4, 0.5) is 5.82 Å². The van der Waals surface area contributed by atoms with E-state index in [0.717, 1.165) is 33.2 Å². The van der Waals surface area contributed by atoms with E-state index in [-0.39, 0.29) is 0 Å². The average Bonchev–Trinajstić information content (AvgIpc) is 3.10. The van der Waals surface area contributed by atoms with E-state index in [1.807, 2.05) is 66.3 Å². The molecule has 0 bridgehead atoms. The van der Waals surface area contributed by atoms with Gasteiger partial charge in [-0.3, -0.25) is 14.3 Å². The molecule has 7 nitrogen and oxygen atoms in total. The van der Waals surface area contributed by atoms with Crippen molar-refractivity contribution in [1.82, 2.24) is 29.5 Å². The summed E-state index contributed by atoms with van der Waals surface area (Å²) in [6.45, 7) is 7.89. The fraction of sp³-hybridized carbons (Fsp3) is 0.333. The minimum Gasteiger partial charge on any atom is -0.384 e. The lowest BCUT2D eigenvalue weighted by Gasteiger charge is -1.94. The number of hydrogen-bond donors (Lipinski definition) is 1. The predicted octanol–water partition coefficient (Wildman–Crippen LogP) is 3.16. The summed E-state index contributed by atoms with van der Waals surface area (Å²) >= 11 is 0. The van der Waals surface area contributed by atoms with E-state index in [1.165, 1.54) is 0 Å². The van der Waals surface area contributed by atoms with E-state index in [4.69, 9.17) is 5.73 Å². The van der Waals surface area contributed by atoms with Crippen molar-refractivity contribution in [2.75, 3.05) is 5.73 Å². The van der Waals surface area contributed by atoms with Crippen LogP contribution in [-0.4, -0.2) is 29.5 Å². The first kappa shape index (κ1) is 18.4. The molecule has 2 N–H and O–H groups in total. The van der Waals surface area contributed by atoms with Gasteiger partial charge in [-0.05, 0) is 26.0 Å². The molecule has 4 aromatic rings. The van der Waals surface area contributed by atoms with Gasteiger partial charge in [-0.25, -0.2) is 4.98 Å². The van der Waals surface area contributed by atoms with E-state index < -0.39 is 0 Å². The molecule has 0 aliphatic heterocycles. The number of nitrogens with zero attached hydrogens (tertiary/aromatic N) is 6. The third-order valence-corrected chi connectivity index (χ3v) is 3.44. The Morgan fingerprint density at radius 1 is 0.920 bits per heavy atom. The molecule has 0 unspecified atom stereocenters. The lowest BCUT2D eigenvalue weighted by atomic mass is 10.2. The van der Waals surface area contributed by atoms with Crippen LogP contribution in [-0.2, 0) is 14.1 Å². The summed E-state index contributed by atoms with van der Waals surface area (Å²) in [5, 5.41) is 10.7. The number of nitrogens with two attached hydrogens (primary N) is 1. The molecule has 0 fully saturated rings. The third kappa shape index (κ3) is 4.32. The zero-order valence-electron chi connectivity index (χ0n) is 15.6. The highest BCUT2D eigenvalue weighted by atomic mass is 15.3. The average molecular weight is 339 g/mol. The molecular formula is C18H25N7. The summed E-state index contributed by atoms with van der Waals surface area (Å²) in [7, 11) is 3.80. The molecule has 0 aliphatic rings. The van der Waals surface area contributed by atoms with Gasteiger partial charge in [0.1, 0.15) is 16.9 Å². The summed E-state index contributed by atoms with van der Waals surface area (Å²) < 4.78 is 3.56. The van der Waals surface area contributed by atoms with Crippen molar-refractivity contribution in [3.05, 3.63) is 42.1 Å². The molecule has 0 radical (unpaired) electrons. The van der Waals surface area contributed by atoms with Crippen LogP contribution >= 0.6 is 0 Å². The maximum absolute atomic E-state index is 5.59. The van der Waals surface area contributed by atoms with Crippen LogP contribution in [0.2, 0.25) is 0 Å². The fourth-order valence-electron chi connectivity index (χ4n) is 2.49. The van der Waals surface area contributed by atoms with Crippen LogP contribution in [0.15, 0.2) is 30.7 Å². The fourth-order valence-corrected chi connectivity index (χ4v) is 2.49. The quantitative estimate of drug-likeness (QED) is 0.532.